The third-order valence-corrected chi connectivity index (χ3v) is 5.72. The van der Waals surface area contributed by atoms with Gasteiger partial charge in [-0.3, -0.25) is 9.69 Å². The fourth-order valence-corrected chi connectivity index (χ4v) is 5.02. The molecule has 2 aliphatic carbocycles. The van der Waals surface area contributed by atoms with Gasteiger partial charge in [-0.15, -0.1) is 0 Å². The summed E-state index contributed by atoms with van der Waals surface area (Å²) in [4.78, 5) is 14.5. The Labute approximate surface area is 114 Å². The third kappa shape index (κ3) is 1.69. The number of carbonyl (C=O) groups excluding carboxylic acids is 1. The summed E-state index contributed by atoms with van der Waals surface area (Å²) in [6.45, 7) is 2.21. The molecule has 3 fully saturated rings. The van der Waals surface area contributed by atoms with Crippen molar-refractivity contribution in [1.29, 1.82) is 0 Å². The minimum absolute atomic E-state index is 0.367. The number of ketones is 1. The topological polar surface area (TPSA) is 20.3 Å². The van der Waals surface area contributed by atoms with Crippen LogP contribution < -0.4 is 0 Å². The molecule has 1 spiro atoms. The average molecular weight is 255 g/mol. The number of carbonyl (C=O) groups is 1. The van der Waals surface area contributed by atoms with Crippen molar-refractivity contribution in [2.24, 2.45) is 11.3 Å². The Morgan fingerprint density at radius 2 is 2.11 bits per heavy atom. The lowest BCUT2D eigenvalue weighted by molar-refractivity contribution is -0.118. The Morgan fingerprint density at radius 3 is 2.95 bits per heavy atom. The smallest absolute Gasteiger partial charge is 0.133 e. The molecule has 3 atom stereocenters. The second-order valence-corrected chi connectivity index (χ2v) is 6.67. The molecule has 1 aromatic carbocycles. The molecule has 1 aromatic rings. The van der Waals surface area contributed by atoms with Crippen molar-refractivity contribution in [3.63, 3.8) is 0 Å². The van der Waals surface area contributed by atoms with E-state index in [2.05, 4.69) is 35.2 Å². The molecule has 0 unspecified atom stereocenters. The van der Waals surface area contributed by atoms with E-state index in [1.807, 2.05) is 0 Å². The summed E-state index contributed by atoms with van der Waals surface area (Å²) in [5.74, 6) is 1.17. The fraction of sp³-hybridized carbons (Fsp3) is 0.588. The first-order valence-electron chi connectivity index (χ1n) is 7.58. The molecule has 2 saturated carbocycles. The summed E-state index contributed by atoms with van der Waals surface area (Å²) >= 11 is 0. The van der Waals surface area contributed by atoms with E-state index in [9.17, 15) is 4.79 Å². The van der Waals surface area contributed by atoms with Crippen molar-refractivity contribution in [2.75, 3.05) is 6.54 Å². The van der Waals surface area contributed by atoms with Gasteiger partial charge in [-0.2, -0.15) is 0 Å². The average Bonchev–Trinajstić information content (AvgIpc) is 3.00. The van der Waals surface area contributed by atoms with Crippen LogP contribution in [0.25, 0.3) is 0 Å². The summed E-state index contributed by atoms with van der Waals surface area (Å²) < 4.78 is 0. The highest BCUT2D eigenvalue weighted by molar-refractivity contribution is 5.82. The maximum atomic E-state index is 11.8. The normalized spacial score (nSPS) is 37.6. The van der Waals surface area contributed by atoms with E-state index in [0.29, 0.717) is 23.2 Å². The number of hydrogen-bond acceptors (Lipinski definition) is 2. The molecule has 2 nitrogen and oxygen atoms in total. The van der Waals surface area contributed by atoms with Gasteiger partial charge < -0.3 is 0 Å². The zero-order valence-electron chi connectivity index (χ0n) is 11.3. The molecule has 0 N–H and O–H groups in total. The molecule has 0 amide bonds. The molecule has 1 saturated heterocycles. The molecular formula is C17H21NO. The van der Waals surface area contributed by atoms with Crippen LogP contribution in [0, 0.1) is 11.3 Å². The summed E-state index contributed by atoms with van der Waals surface area (Å²) in [7, 11) is 0. The van der Waals surface area contributed by atoms with E-state index in [-0.39, 0.29) is 0 Å². The first-order valence-corrected chi connectivity index (χ1v) is 7.58. The van der Waals surface area contributed by atoms with E-state index in [1.165, 1.54) is 24.8 Å². The molecule has 0 radical (unpaired) electrons. The van der Waals surface area contributed by atoms with Gasteiger partial charge >= 0.3 is 0 Å². The van der Waals surface area contributed by atoms with E-state index in [4.69, 9.17) is 0 Å². The molecule has 19 heavy (non-hydrogen) atoms. The summed E-state index contributed by atoms with van der Waals surface area (Å²) in [6, 6.07) is 11.4. The standard InChI is InChI=1S/C17H21NO/c19-15-9-14-12-18(11-13-5-2-1-3-6-13)16-7-4-8-17(14,16)10-15/h1-3,5-6,14,16H,4,7-12H2/t14-,16-,17+/m1/s1. The van der Waals surface area contributed by atoms with Crippen molar-refractivity contribution < 1.29 is 4.79 Å². The van der Waals surface area contributed by atoms with Crippen molar-refractivity contribution in [3.05, 3.63) is 35.9 Å². The number of hydrogen-bond donors (Lipinski definition) is 0. The van der Waals surface area contributed by atoms with Crippen molar-refractivity contribution in [3.8, 4) is 0 Å². The molecular weight excluding hydrogens is 234 g/mol. The van der Waals surface area contributed by atoms with Gasteiger partial charge in [0.1, 0.15) is 5.78 Å². The van der Waals surface area contributed by atoms with Crippen LogP contribution >= 0.6 is 0 Å². The Kier molecular flexibility index (Phi) is 2.56. The number of likely N-dealkylation sites (tertiary alicyclic amines) is 1. The first-order chi connectivity index (χ1) is 9.28. The molecule has 100 valence electrons. The second-order valence-electron chi connectivity index (χ2n) is 6.67. The number of nitrogens with zero attached hydrogens (tertiary/aromatic N) is 1. The summed E-state index contributed by atoms with van der Waals surface area (Å²) in [5, 5.41) is 0. The Bertz CT molecular complexity index is 497. The van der Waals surface area contributed by atoms with Crippen molar-refractivity contribution in [2.45, 2.75) is 44.7 Å². The maximum Gasteiger partial charge on any atom is 0.133 e. The maximum absolute atomic E-state index is 11.8. The van der Waals surface area contributed by atoms with Gasteiger partial charge in [0.05, 0.1) is 0 Å². The quantitative estimate of drug-likeness (QED) is 0.809. The largest absolute Gasteiger partial charge is 0.300 e. The molecule has 4 rings (SSSR count). The zero-order chi connectivity index (χ0) is 12.9. The Morgan fingerprint density at radius 1 is 1.26 bits per heavy atom. The molecule has 1 aliphatic heterocycles. The van der Waals surface area contributed by atoms with Gasteiger partial charge in [-0.1, -0.05) is 36.8 Å². The highest BCUT2D eigenvalue weighted by Crippen LogP contribution is 2.59. The van der Waals surface area contributed by atoms with Crippen LogP contribution in [0.3, 0.4) is 0 Å². The molecule has 0 aromatic heterocycles. The number of rotatable bonds is 2. The van der Waals surface area contributed by atoms with Crippen LogP contribution in [0.4, 0.5) is 0 Å². The van der Waals surface area contributed by atoms with Crippen LogP contribution in [0.15, 0.2) is 30.3 Å². The van der Waals surface area contributed by atoms with Crippen LogP contribution in [0.1, 0.15) is 37.7 Å². The zero-order valence-corrected chi connectivity index (χ0v) is 11.3. The van der Waals surface area contributed by atoms with Gasteiger partial charge in [-0.25, -0.2) is 0 Å². The van der Waals surface area contributed by atoms with E-state index in [1.54, 1.807) is 0 Å². The SMILES string of the molecule is O=C1C[C@@H]2CN(Cc3ccccc3)[C@@H]3CCC[C@]23C1. The Hall–Kier alpha value is -1.15. The number of benzene rings is 1. The lowest BCUT2D eigenvalue weighted by Crippen LogP contribution is -2.35. The monoisotopic (exact) mass is 255 g/mol. The van der Waals surface area contributed by atoms with E-state index >= 15 is 0 Å². The highest BCUT2D eigenvalue weighted by atomic mass is 16.1. The highest BCUT2D eigenvalue weighted by Gasteiger charge is 2.60. The van der Waals surface area contributed by atoms with Gasteiger partial charge in [0.25, 0.3) is 0 Å². The molecule has 3 aliphatic rings. The van der Waals surface area contributed by atoms with Crippen molar-refractivity contribution in [1.82, 2.24) is 4.90 Å². The number of Topliss-reactive ketones (excluding diaryl/α,β-unsaturated/α-hetero) is 1. The second kappa shape index (κ2) is 4.17. The minimum atomic E-state index is 0.367. The van der Waals surface area contributed by atoms with Crippen molar-refractivity contribution >= 4 is 5.78 Å². The Balaban J connectivity index is 1.58. The fourth-order valence-electron chi connectivity index (χ4n) is 5.02. The van der Waals surface area contributed by atoms with Crippen LogP contribution in [-0.2, 0) is 11.3 Å². The van der Waals surface area contributed by atoms with Gasteiger partial charge in [0.2, 0.25) is 0 Å². The molecule has 0 bridgehead atoms. The molecule has 1 heterocycles. The lowest BCUT2D eigenvalue weighted by atomic mass is 9.77. The van der Waals surface area contributed by atoms with Gasteiger partial charge in [0, 0.05) is 32.0 Å². The van der Waals surface area contributed by atoms with Gasteiger partial charge in [0.15, 0.2) is 0 Å². The van der Waals surface area contributed by atoms with E-state index < -0.39 is 0 Å². The van der Waals surface area contributed by atoms with E-state index in [0.717, 1.165) is 25.9 Å². The van der Waals surface area contributed by atoms with Crippen LogP contribution in [0.2, 0.25) is 0 Å². The summed E-state index contributed by atoms with van der Waals surface area (Å²) in [5.41, 5.74) is 1.78. The van der Waals surface area contributed by atoms with Gasteiger partial charge in [-0.05, 0) is 29.7 Å². The van der Waals surface area contributed by atoms with Crippen LogP contribution in [-0.4, -0.2) is 23.3 Å². The third-order valence-electron chi connectivity index (χ3n) is 5.72. The predicted molar refractivity (Wildman–Crippen MR) is 74.7 cm³/mol. The minimum Gasteiger partial charge on any atom is -0.300 e. The van der Waals surface area contributed by atoms with Crippen LogP contribution in [0.5, 0.6) is 0 Å². The predicted octanol–water partition coefficient (Wildman–Crippen LogP) is 3.02. The lowest BCUT2D eigenvalue weighted by Gasteiger charge is -2.31. The first kappa shape index (κ1) is 11.7. The summed E-state index contributed by atoms with van der Waals surface area (Å²) in [6.07, 6.45) is 5.63. The molecule has 2 heteroatoms.